The number of hydrogen-bond donors (Lipinski definition) is 2. The predicted molar refractivity (Wildman–Crippen MR) is 73.9 cm³/mol. The van der Waals surface area contributed by atoms with Crippen molar-refractivity contribution in [1.29, 1.82) is 0 Å². The minimum absolute atomic E-state index is 0.00834. The molecule has 0 saturated heterocycles. The van der Waals surface area contributed by atoms with E-state index in [0.29, 0.717) is 12.3 Å². The first-order valence-electron chi connectivity index (χ1n) is 7.01. The molecule has 0 aromatic rings. The van der Waals surface area contributed by atoms with Crippen molar-refractivity contribution in [2.24, 2.45) is 17.6 Å². The Bertz CT molecular complexity index is 259. The van der Waals surface area contributed by atoms with Gasteiger partial charge in [0, 0.05) is 5.92 Å². The van der Waals surface area contributed by atoms with E-state index in [1.807, 2.05) is 13.8 Å². The van der Waals surface area contributed by atoms with E-state index in [1.165, 1.54) is 0 Å². The maximum absolute atomic E-state index is 12.1. The number of rotatable bonds is 9. The van der Waals surface area contributed by atoms with Gasteiger partial charge in [-0.15, -0.1) is 0 Å². The lowest BCUT2D eigenvalue weighted by Crippen LogP contribution is -2.47. The first kappa shape index (κ1) is 16.9. The van der Waals surface area contributed by atoms with Crippen LogP contribution in [-0.4, -0.2) is 17.9 Å². The molecule has 0 aliphatic rings. The molecule has 0 saturated carbocycles. The van der Waals surface area contributed by atoms with Gasteiger partial charge in [-0.2, -0.15) is 0 Å². The third kappa shape index (κ3) is 6.62. The predicted octanol–water partition coefficient (Wildman–Crippen LogP) is 2.22. The topological polar surface area (TPSA) is 72.2 Å². The molecule has 0 aliphatic heterocycles. The van der Waals surface area contributed by atoms with Gasteiger partial charge >= 0.3 is 0 Å². The van der Waals surface area contributed by atoms with Crippen LogP contribution in [0.15, 0.2) is 0 Å². The van der Waals surface area contributed by atoms with Gasteiger partial charge in [0.1, 0.15) is 6.04 Å². The average Bonchev–Trinajstić information content (AvgIpc) is 2.27. The molecule has 0 aliphatic carbocycles. The summed E-state index contributed by atoms with van der Waals surface area (Å²) in [7, 11) is 0. The summed E-state index contributed by atoms with van der Waals surface area (Å²) in [5, 5.41) is 2.80. The monoisotopic (exact) mass is 256 g/mol. The molecule has 0 aromatic carbocycles. The van der Waals surface area contributed by atoms with Gasteiger partial charge in [-0.05, 0) is 25.2 Å². The molecule has 0 heterocycles. The molecule has 1 atom stereocenters. The van der Waals surface area contributed by atoms with E-state index in [9.17, 15) is 9.59 Å². The van der Waals surface area contributed by atoms with Crippen LogP contribution < -0.4 is 11.1 Å². The van der Waals surface area contributed by atoms with Crippen molar-refractivity contribution >= 4 is 11.8 Å². The Balaban J connectivity index is 4.49. The molecule has 0 fully saturated rings. The Labute approximate surface area is 111 Å². The number of nitrogens with two attached hydrogens (primary N) is 1. The van der Waals surface area contributed by atoms with Crippen LogP contribution in [0.1, 0.15) is 59.8 Å². The zero-order valence-corrected chi connectivity index (χ0v) is 12.2. The Morgan fingerprint density at radius 1 is 1.11 bits per heavy atom. The fourth-order valence-corrected chi connectivity index (χ4v) is 2.11. The Morgan fingerprint density at radius 2 is 1.61 bits per heavy atom. The van der Waals surface area contributed by atoms with E-state index in [-0.39, 0.29) is 11.8 Å². The molecular formula is C14H28N2O2. The van der Waals surface area contributed by atoms with Crippen LogP contribution in [0.3, 0.4) is 0 Å². The van der Waals surface area contributed by atoms with Crippen LogP contribution in [0.25, 0.3) is 0 Å². The highest BCUT2D eigenvalue weighted by Crippen LogP contribution is 2.14. The van der Waals surface area contributed by atoms with Crippen LogP contribution >= 0.6 is 0 Å². The molecule has 0 unspecified atom stereocenters. The number of carbonyl (C=O) groups excluding carboxylic acids is 2. The van der Waals surface area contributed by atoms with Crippen LogP contribution in [-0.2, 0) is 9.59 Å². The molecule has 4 nitrogen and oxygen atoms in total. The van der Waals surface area contributed by atoms with Crippen molar-refractivity contribution in [3.8, 4) is 0 Å². The summed E-state index contributed by atoms with van der Waals surface area (Å²) in [4.78, 5) is 23.4. The zero-order valence-electron chi connectivity index (χ0n) is 12.2. The highest BCUT2D eigenvalue weighted by molar-refractivity contribution is 5.87. The van der Waals surface area contributed by atoms with Gasteiger partial charge in [0.25, 0.3) is 0 Å². The summed E-state index contributed by atoms with van der Waals surface area (Å²) in [6.45, 7) is 8.15. The van der Waals surface area contributed by atoms with E-state index in [4.69, 9.17) is 5.73 Å². The SMILES string of the molecule is CCCC(CCC)C(=O)N[C@@H](CC(C)C)C(N)=O. The van der Waals surface area contributed by atoms with E-state index < -0.39 is 11.9 Å². The molecular weight excluding hydrogens is 228 g/mol. The molecule has 106 valence electrons. The quantitative estimate of drug-likeness (QED) is 0.664. The third-order valence-electron chi connectivity index (χ3n) is 3.01. The normalized spacial score (nSPS) is 12.8. The summed E-state index contributed by atoms with van der Waals surface area (Å²) < 4.78 is 0. The van der Waals surface area contributed by atoms with E-state index >= 15 is 0 Å². The Kier molecular flexibility index (Phi) is 8.42. The summed E-state index contributed by atoms with van der Waals surface area (Å²) in [6.07, 6.45) is 4.29. The number of amides is 2. The summed E-state index contributed by atoms with van der Waals surface area (Å²) >= 11 is 0. The van der Waals surface area contributed by atoms with Crippen molar-refractivity contribution in [2.45, 2.75) is 65.8 Å². The number of nitrogens with one attached hydrogen (secondary N) is 1. The molecule has 0 spiro atoms. The van der Waals surface area contributed by atoms with E-state index in [0.717, 1.165) is 25.7 Å². The maximum Gasteiger partial charge on any atom is 0.240 e. The third-order valence-corrected chi connectivity index (χ3v) is 3.01. The lowest BCUT2D eigenvalue weighted by atomic mass is 9.96. The fourth-order valence-electron chi connectivity index (χ4n) is 2.11. The molecule has 0 rings (SSSR count). The van der Waals surface area contributed by atoms with Crippen LogP contribution in [0.5, 0.6) is 0 Å². The highest BCUT2D eigenvalue weighted by atomic mass is 16.2. The second-order valence-corrected chi connectivity index (χ2v) is 5.37. The Morgan fingerprint density at radius 3 is 1.94 bits per heavy atom. The maximum atomic E-state index is 12.1. The minimum atomic E-state index is -0.534. The lowest BCUT2D eigenvalue weighted by molar-refractivity contribution is -0.130. The first-order chi connectivity index (χ1) is 8.42. The molecule has 2 amide bonds. The summed E-state index contributed by atoms with van der Waals surface area (Å²) in [5.41, 5.74) is 5.33. The second-order valence-electron chi connectivity index (χ2n) is 5.37. The van der Waals surface area contributed by atoms with Crippen molar-refractivity contribution in [2.75, 3.05) is 0 Å². The Hall–Kier alpha value is -1.06. The van der Waals surface area contributed by atoms with Gasteiger partial charge in [0.2, 0.25) is 11.8 Å². The summed E-state index contributed by atoms with van der Waals surface area (Å²) in [5.74, 6) is -0.125. The smallest absolute Gasteiger partial charge is 0.240 e. The highest BCUT2D eigenvalue weighted by Gasteiger charge is 2.23. The van der Waals surface area contributed by atoms with Gasteiger partial charge in [0.15, 0.2) is 0 Å². The van der Waals surface area contributed by atoms with Gasteiger partial charge in [0.05, 0.1) is 0 Å². The molecule has 0 aromatic heterocycles. The zero-order chi connectivity index (χ0) is 14.1. The van der Waals surface area contributed by atoms with Gasteiger partial charge in [-0.3, -0.25) is 9.59 Å². The van der Waals surface area contributed by atoms with Crippen LogP contribution in [0.4, 0.5) is 0 Å². The second kappa shape index (κ2) is 8.95. The van der Waals surface area contributed by atoms with Crippen molar-refractivity contribution < 1.29 is 9.59 Å². The minimum Gasteiger partial charge on any atom is -0.368 e. The van der Waals surface area contributed by atoms with Crippen molar-refractivity contribution in [1.82, 2.24) is 5.32 Å². The standard InChI is InChI=1S/C14H28N2O2/c1-5-7-11(8-6-2)14(18)16-12(13(15)17)9-10(3)4/h10-12H,5-9H2,1-4H3,(H2,15,17)(H,16,18)/t12-/m0/s1. The van der Waals surface area contributed by atoms with E-state index in [2.05, 4.69) is 19.2 Å². The number of hydrogen-bond acceptors (Lipinski definition) is 2. The fraction of sp³-hybridized carbons (Fsp3) is 0.857. The van der Waals surface area contributed by atoms with Crippen LogP contribution in [0, 0.1) is 11.8 Å². The molecule has 18 heavy (non-hydrogen) atoms. The van der Waals surface area contributed by atoms with Crippen molar-refractivity contribution in [3.05, 3.63) is 0 Å². The summed E-state index contributed by atoms with van der Waals surface area (Å²) in [6, 6.07) is -0.534. The number of carbonyl (C=O) groups is 2. The number of primary amides is 1. The van der Waals surface area contributed by atoms with Gasteiger partial charge in [-0.25, -0.2) is 0 Å². The van der Waals surface area contributed by atoms with E-state index in [1.54, 1.807) is 0 Å². The van der Waals surface area contributed by atoms with Gasteiger partial charge < -0.3 is 11.1 Å². The van der Waals surface area contributed by atoms with Crippen molar-refractivity contribution in [3.63, 3.8) is 0 Å². The average molecular weight is 256 g/mol. The van der Waals surface area contributed by atoms with Gasteiger partial charge in [-0.1, -0.05) is 40.5 Å². The molecule has 3 N–H and O–H groups in total. The van der Waals surface area contributed by atoms with Crippen LogP contribution in [0.2, 0.25) is 0 Å². The lowest BCUT2D eigenvalue weighted by Gasteiger charge is -2.21. The largest absolute Gasteiger partial charge is 0.368 e. The molecule has 4 heteroatoms. The first-order valence-corrected chi connectivity index (χ1v) is 7.01. The molecule has 0 bridgehead atoms. The molecule has 0 radical (unpaired) electrons.